The first kappa shape index (κ1) is 15.7. The maximum Gasteiger partial charge on any atom is 0.275 e. The van der Waals surface area contributed by atoms with Crippen LogP contribution in [0.2, 0.25) is 0 Å². The Morgan fingerprint density at radius 1 is 0.960 bits per heavy atom. The van der Waals surface area contributed by atoms with Crippen molar-refractivity contribution in [3.05, 3.63) is 11.9 Å². The summed E-state index contributed by atoms with van der Waals surface area (Å²) >= 11 is 1.06. The van der Waals surface area contributed by atoms with Crippen molar-refractivity contribution in [3.8, 4) is 0 Å². The van der Waals surface area contributed by atoms with Crippen LogP contribution in [-0.2, 0) is 4.79 Å². The van der Waals surface area contributed by atoms with Gasteiger partial charge >= 0.3 is 0 Å². The van der Waals surface area contributed by atoms with Crippen molar-refractivity contribution in [1.29, 1.82) is 0 Å². The summed E-state index contributed by atoms with van der Waals surface area (Å²) in [5.41, 5.74) is 0.352. The van der Waals surface area contributed by atoms with Gasteiger partial charge in [-0.15, -0.1) is 0 Å². The predicted octanol–water partition coefficient (Wildman–Crippen LogP) is 2.04. The fraction of sp³-hybridized carbons (Fsp3) is 0.778. The van der Waals surface area contributed by atoms with Gasteiger partial charge in [-0.2, -0.15) is 8.75 Å². The zero-order chi connectivity index (χ0) is 17.0. The molecule has 0 N–H and O–H groups in total. The van der Waals surface area contributed by atoms with Gasteiger partial charge in [0.2, 0.25) is 5.91 Å². The normalized spacial score (nSPS) is 36.7. The van der Waals surface area contributed by atoms with Gasteiger partial charge in [0.05, 0.1) is 23.3 Å². The SMILES string of the molecule is O=C(c1cnsn1)N1CCN(C(=O)C23CC4CC(CC(C4)C2)C3)CC1. The number of piperazine rings is 1. The number of amides is 2. The van der Waals surface area contributed by atoms with Gasteiger partial charge in [0.1, 0.15) is 0 Å². The summed E-state index contributed by atoms with van der Waals surface area (Å²) in [4.78, 5) is 29.6. The Balaban J connectivity index is 1.25. The van der Waals surface area contributed by atoms with Gasteiger partial charge in [0.15, 0.2) is 5.69 Å². The minimum atomic E-state index is -0.0697. The second kappa shape index (κ2) is 5.76. The highest BCUT2D eigenvalue weighted by molar-refractivity contribution is 6.99. The summed E-state index contributed by atoms with van der Waals surface area (Å²) in [6.07, 6.45) is 8.94. The summed E-state index contributed by atoms with van der Waals surface area (Å²) in [5.74, 6) is 2.69. The van der Waals surface area contributed by atoms with Gasteiger partial charge in [-0.05, 0) is 56.3 Å². The van der Waals surface area contributed by atoms with E-state index in [-0.39, 0.29) is 11.3 Å². The number of carbonyl (C=O) groups is 2. The van der Waals surface area contributed by atoms with Crippen molar-refractivity contribution in [3.63, 3.8) is 0 Å². The Labute approximate surface area is 151 Å². The van der Waals surface area contributed by atoms with E-state index in [9.17, 15) is 9.59 Å². The van der Waals surface area contributed by atoms with Gasteiger partial charge < -0.3 is 9.80 Å². The van der Waals surface area contributed by atoms with Crippen LogP contribution in [0.3, 0.4) is 0 Å². The number of aromatic nitrogens is 2. The highest BCUT2D eigenvalue weighted by Gasteiger charge is 2.55. The van der Waals surface area contributed by atoms with Crippen molar-refractivity contribution in [2.45, 2.75) is 38.5 Å². The van der Waals surface area contributed by atoms with Crippen LogP contribution in [-0.4, -0.2) is 56.5 Å². The molecule has 4 saturated carbocycles. The van der Waals surface area contributed by atoms with Gasteiger partial charge in [-0.25, -0.2) is 0 Å². The van der Waals surface area contributed by atoms with Crippen LogP contribution in [0.25, 0.3) is 0 Å². The number of nitrogens with zero attached hydrogens (tertiary/aromatic N) is 4. The first-order valence-electron chi connectivity index (χ1n) is 9.49. The van der Waals surface area contributed by atoms with Crippen LogP contribution >= 0.6 is 11.7 Å². The molecule has 1 aromatic heterocycles. The lowest BCUT2D eigenvalue weighted by atomic mass is 9.49. The highest BCUT2D eigenvalue weighted by Crippen LogP contribution is 2.60. The summed E-state index contributed by atoms with van der Waals surface area (Å²) in [6, 6.07) is 0. The quantitative estimate of drug-likeness (QED) is 0.809. The second-order valence-electron chi connectivity index (χ2n) is 8.57. The lowest BCUT2D eigenvalue weighted by Crippen LogP contribution is -2.58. The number of hydrogen-bond donors (Lipinski definition) is 0. The fourth-order valence-corrected chi connectivity index (χ4v) is 6.65. The van der Waals surface area contributed by atoms with E-state index in [0.717, 1.165) is 48.7 Å². The van der Waals surface area contributed by atoms with Crippen molar-refractivity contribution in [1.82, 2.24) is 18.5 Å². The third-order valence-electron chi connectivity index (χ3n) is 6.93. The smallest absolute Gasteiger partial charge is 0.275 e. The number of hydrogen-bond acceptors (Lipinski definition) is 5. The largest absolute Gasteiger partial charge is 0.339 e. The lowest BCUT2D eigenvalue weighted by molar-refractivity contribution is -0.159. The second-order valence-corrected chi connectivity index (χ2v) is 9.13. The zero-order valence-corrected chi connectivity index (χ0v) is 15.2. The number of carbonyl (C=O) groups excluding carboxylic acids is 2. The molecule has 7 heteroatoms. The minimum Gasteiger partial charge on any atom is -0.339 e. The molecule has 0 atom stereocenters. The van der Waals surface area contributed by atoms with Crippen LogP contribution in [0.15, 0.2) is 6.20 Å². The first-order valence-corrected chi connectivity index (χ1v) is 10.2. The van der Waals surface area contributed by atoms with Crippen molar-refractivity contribution in [2.75, 3.05) is 26.2 Å². The van der Waals surface area contributed by atoms with E-state index < -0.39 is 0 Å². The summed E-state index contributed by atoms with van der Waals surface area (Å²) < 4.78 is 7.94. The third-order valence-corrected chi connectivity index (χ3v) is 7.40. The van der Waals surface area contributed by atoms with E-state index in [1.807, 2.05) is 4.90 Å². The predicted molar refractivity (Wildman–Crippen MR) is 93.0 cm³/mol. The van der Waals surface area contributed by atoms with E-state index in [4.69, 9.17) is 0 Å². The molecule has 1 aliphatic heterocycles. The molecular formula is C18H24N4O2S. The molecule has 1 saturated heterocycles. The topological polar surface area (TPSA) is 66.4 Å². The van der Waals surface area contributed by atoms with Crippen LogP contribution in [0, 0.1) is 23.2 Å². The Morgan fingerprint density at radius 2 is 1.52 bits per heavy atom. The molecule has 25 heavy (non-hydrogen) atoms. The van der Waals surface area contributed by atoms with E-state index in [1.54, 1.807) is 4.90 Å². The van der Waals surface area contributed by atoms with Crippen LogP contribution < -0.4 is 0 Å². The summed E-state index contributed by atoms with van der Waals surface area (Å²) in [7, 11) is 0. The van der Waals surface area contributed by atoms with E-state index in [2.05, 4.69) is 8.75 Å². The minimum absolute atomic E-state index is 0.0596. The molecule has 0 radical (unpaired) electrons. The average molecular weight is 360 g/mol. The van der Waals surface area contributed by atoms with E-state index in [1.165, 1.54) is 25.5 Å². The molecule has 5 fully saturated rings. The molecule has 134 valence electrons. The molecule has 0 unspecified atom stereocenters. The maximum atomic E-state index is 13.4. The van der Waals surface area contributed by atoms with Gasteiger partial charge in [0, 0.05) is 26.2 Å². The molecule has 6 rings (SSSR count). The molecule has 5 aliphatic rings. The van der Waals surface area contributed by atoms with Gasteiger partial charge in [-0.3, -0.25) is 9.59 Å². The fourth-order valence-electron chi connectivity index (χ4n) is 6.24. The standard InChI is InChI=1S/C18H24N4O2S/c23-16(15-11-19-25-20-15)21-1-3-22(4-2-21)17(24)18-8-12-5-13(9-18)7-14(6-12)10-18/h11-14H,1-10H2. The third kappa shape index (κ3) is 2.58. The Kier molecular flexibility index (Phi) is 3.62. The van der Waals surface area contributed by atoms with Gasteiger partial charge in [-0.1, -0.05) is 0 Å². The van der Waals surface area contributed by atoms with E-state index >= 15 is 0 Å². The molecule has 0 spiro atoms. The van der Waals surface area contributed by atoms with E-state index in [0.29, 0.717) is 37.8 Å². The summed E-state index contributed by atoms with van der Waals surface area (Å²) in [5, 5.41) is 0. The first-order chi connectivity index (χ1) is 12.1. The maximum absolute atomic E-state index is 13.4. The molecule has 0 aromatic carbocycles. The molecular weight excluding hydrogens is 336 g/mol. The zero-order valence-electron chi connectivity index (χ0n) is 14.4. The van der Waals surface area contributed by atoms with Crippen LogP contribution in [0.5, 0.6) is 0 Å². The Hall–Kier alpha value is -1.50. The molecule has 1 aromatic rings. The molecule has 2 amide bonds. The van der Waals surface area contributed by atoms with Crippen LogP contribution in [0.1, 0.15) is 49.0 Å². The Bertz CT molecular complexity index is 646. The number of rotatable bonds is 2. The average Bonchev–Trinajstić information content (AvgIpc) is 3.14. The Morgan fingerprint density at radius 3 is 2.04 bits per heavy atom. The van der Waals surface area contributed by atoms with Crippen molar-refractivity contribution in [2.24, 2.45) is 23.2 Å². The molecule has 2 heterocycles. The monoisotopic (exact) mass is 360 g/mol. The summed E-state index contributed by atoms with van der Waals surface area (Å²) in [6.45, 7) is 2.52. The van der Waals surface area contributed by atoms with Gasteiger partial charge in [0.25, 0.3) is 5.91 Å². The van der Waals surface area contributed by atoms with Crippen molar-refractivity contribution >= 4 is 23.5 Å². The molecule has 6 nitrogen and oxygen atoms in total. The lowest BCUT2D eigenvalue weighted by Gasteiger charge is -2.57. The molecule has 4 bridgehead atoms. The van der Waals surface area contributed by atoms with Crippen molar-refractivity contribution < 1.29 is 9.59 Å². The molecule has 4 aliphatic carbocycles. The highest BCUT2D eigenvalue weighted by atomic mass is 32.1. The van der Waals surface area contributed by atoms with Crippen LogP contribution in [0.4, 0.5) is 0 Å².